The molecule has 1 saturated heterocycles. The molecule has 0 aromatic heterocycles. The largest absolute Gasteiger partial charge is 0.373 e. The first-order chi connectivity index (χ1) is 4.30. The minimum Gasteiger partial charge on any atom is -0.373 e. The average Bonchev–Trinajstić information content (AvgIpc) is 1.90. The van der Waals surface area contributed by atoms with Crippen LogP contribution in [-0.2, 0) is 4.74 Å². The minimum atomic E-state index is -0.349. The van der Waals surface area contributed by atoms with Crippen molar-refractivity contribution in [1.82, 2.24) is 5.32 Å². The van der Waals surface area contributed by atoms with E-state index in [0.29, 0.717) is 0 Å². The zero-order valence-corrected chi connectivity index (χ0v) is 5.34. The lowest BCUT2D eigenvalue weighted by Gasteiger charge is -2.25. The van der Waals surface area contributed by atoms with Crippen LogP contribution in [0.25, 0.3) is 0 Å². The van der Waals surface area contributed by atoms with Gasteiger partial charge in [-0.05, 0) is 0 Å². The molecule has 0 saturated carbocycles. The molecule has 1 rings (SSSR count). The smallest absolute Gasteiger partial charge is 0.0979 e. The molecule has 9 heavy (non-hydrogen) atoms. The Morgan fingerprint density at radius 1 is 1.56 bits per heavy atom. The molecule has 1 atom stereocenters. The number of nitrogens with two attached hydrogens (primary N) is 2. The highest BCUT2D eigenvalue weighted by molar-refractivity contribution is 4.73. The van der Waals surface area contributed by atoms with Gasteiger partial charge in [-0.2, -0.15) is 0 Å². The first-order valence-electron chi connectivity index (χ1n) is 3.14. The molecule has 0 aromatic carbocycles. The lowest BCUT2D eigenvalue weighted by atomic mass is 10.2. The molecular weight excluding hydrogens is 118 g/mol. The highest BCUT2D eigenvalue weighted by Crippen LogP contribution is 1.94. The Morgan fingerprint density at radius 2 is 2.33 bits per heavy atom. The van der Waals surface area contributed by atoms with Gasteiger partial charge in [0, 0.05) is 13.1 Å². The molecule has 1 fully saturated rings. The number of morpholine rings is 1. The van der Waals surface area contributed by atoms with Crippen molar-refractivity contribution in [1.29, 1.82) is 0 Å². The topological polar surface area (TPSA) is 73.3 Å². The van der Waals surface area contributed by atoms with Gasteiger partial charge in [-0.25, -0.2) is 0 Å². The van der Waals surface area contributed by atoms with Gasteiger partial charge in [0.05, 0.1) is 18.9 Å². The van der Waals surface area contributed by atoms with Crippen LogP contribution < -0.4 is 16.8 Å². The third-order valence-electron chi connectivity index (χ3n) is 1.39. The normalized spacial score (nSPS) is 29.0. The third-order valence-corrected chi connectivity index (χ3v) is 1.39. The molecule has 0 amide bonds. The Kier molecular flexibility index (Phi) is 2.41. The zero-order valence-electron chi connectivity index (χ0n) is 5.34. The Balaban J connectivity index is 2.23. The quantitative estimate of drug-likeness (QED) is 0.368. The van der Waals surface area contributed by atoms with Crippen molar-refractivity contribution in [3.8, 4) is 0 Å². The summed E-state index contributed by atoms with van der Waals surface area (Å²) < 4.78 is 5.23. The monoisotopic (exact) mass is 131 g/mol. The van der Waals surface area contributed by atoms with E-state index in [1.54, 1.807) is 0 Å². The van der Waals surface area contributed by atoms with E-state index in [4.69, 9.17) is 16.2 Å². The molecule has 5 N–H and O–H groups in total. The van der Waals surface area contributed by atoms with Gasteiger partial charge < -0.3 is 21.5 Å². The Morgan fingerprint density at radius 3 is 2.67 bits per heavy atom. The van der Waals surface area contributed by atoms with Gasteiger partial charge in [0.1, 0.15) is 0 Å². The number of hydrogen-bond acceptors (Lipinski definition) is 4. The van der Waals surface area contributed by atoms with Crippen LogP contribution >= 0.6 is 0 Å². The lowest BCUT2D eigenvalue weighted by molar-refractivity contribution is 0.0139. The molecule has 4 nitrogen and oxygen atoms in total. The van der Waals surface area contributed by atoms with Crippen LogP contribution in [0.3, 0.4) is 0 Å². The molecule has 1 unspecified atom stereocenters. The second-order valence-electron chi connectivity index (χ2n) is 2.19. The van der Waals surface area contributed by atoms with Gasteiger partial charge in [-0.3, -0.25) is 0 Å². The molecule has 0 aliphatic carbocycles. The van der Waals surface area contributed by atoms with Crippen molar-refractivity contribution in [2.75, 3.05) is 19.7 Å². The van der Waals surface area contributed by atoms with Gasteiger partial charge >= 0.3 is 0 Å². The standard InChI is InChI=1S/C5H13N3O/c6-5(7)4-3-8-1-2-9-4/h4-5,8H,1-3,6-7H2. The van der Waals surface area contributed by atoms with Crippen LogP contribution in [0.2, 0.25) is 0 Å². The maximum atomic E-state index is 5.38. The predicted octanol–water partition coefficient (Wildman–Crippen LogP) is -1.78. The van der Waals surface area contributed by atoms with E-state index in [0.717, 1.165) is 19.7 Å². The molecule has 4 heteroatoms. The van der Waals surface area contributed by atoms with Crippen molar-refractivity contribution < 1.29 is 4.74 Å². The predicted molar refractivity (Wildman–Crippen MR) is 34.8 cm³/mol. The van der Waals surface area contributed by atoms with Crippen LogP contribution in [0.1, 0.15) is 0 Å². The van der Waals surface area contributed by atoms with E-state index in [-0.39, 0.29) is 12.3 Å². The highest BCUT2D eigenvalue weighted by atomic mass is 16.5. The fourth-order valence-corrected chi connectivity index (χ4v) is 0.833. The summed E-state index contributed by atoms with van der Waals surface area (Å²) in [5, 5.41) is 3.13. The van der Waals surface area contributed by atoms with Crippen molar-refractivity contribution >= 4 is 0 Å². The van der Waals surface area contributed by atoms with E-state index < -0.39 is 0 Å². The lowest BCUT2D eigenvalue weighted by Crippen LogP contribution is -2.52. The summed E-state index contributed by atoms with van der Waals surface area (Å²) in [7, 11) is 0. The third kappa shape index (κ3) is 1.91. The summed E-state index contributed by atoms with van der Waals surface area (Å²) >= 11 is 0. The minimum absolute atomic E-state index is 0.00116. The summed E-state index contributed by atoms with van der Waals surface area (Å²) in [6.07, 6.45) is -0.350. The molecular formula is C5H13N3O. The van der Waals surface area contributed by atoms with E-state index in [2.05, 4.69) is 5.32 Å². The molecule has 1 aliphatic rings. The molecule has 1 heterocycles. The second-order valence-corrected chi connectivity index (χ2v) is 2.19. The van der Waals surface area contributed by atoms with Gasteiger partial charge in [-0.1, -0.05) is 0 Å². The molecule has 0 radical (unpaired) electrons. The number of hydrogen-bond donors (Lipinski definition) is 3. The summed E-state index contributed by atoms with van der Waals surface area (Å²) in [6.45, 7) is 2.40. The molecule has 0 bridgehead atoms. The van der Waals surface area contributed by atoms with Crippen molar-refractivity contribution in [2.45, 2.75) is 12.3 Å². The van der Waals surface area contributed by atoms with Gasteiger partial charge in [0.25, 0.3) is 0 Å². The van der Waals surface area contributed by atoms with E-state index in [1.165, 1.54) is 0 Å². The molecule has 1 aliphatic heterocycles. The van der Waals surface area contributed by atoms with E-state index in [1.807, 2.05) is 0 Å². The van der Waals surface area contributed by atoms with Crippen molar-refractivity contribution in [3.05, 3.63) is 0 Å². The average molecular weight is 131 g/mol. The number of ether oxygens (including phenoxy) is 1. The maximum Gasteiger partial charge on any atom is 0.0979 e. The highest BCUT2D eigenvalue weighted by Gasteiger charge is 2.16. The molecule has 54 valence electrons. The van der Waals surface area contributed by atoms with Crippen LogP contribution in [0.4, 0.5) is 0 Å². The van der Waals surface area contributed by atoms with Crippen molar-refractivity contribution in [3.63, 3.8) is 0 Å². The SMILES string of the molecule is NC(N)C1CNCCO1. The fourth-order valence-electron chi connectivity index (χ4n) is 0.833. The van der Waals surface area contributed by atoms with Crippen LogP contribution in [0.5, 0.6) is 0 Å². The number of nitrogens with one attached hydrogen (secondary N) is 1. The molecule has 0 spiro atoms. The summed E-state index contributed by atoms with van der Waals surface area (Å²) in [5.41, 5.74) is 10.8. The van der Waals surface area contributed by atoms with Crippen LogP contribution in [-0.4, -0.2) is 32.0 Å². The Hall–Kier alpha value is -0.160. The first kappa shape index (κ1) is 6.95. The Labute approximate surface area is 54.5 Å². The van der Waals surface area contributed by atoms with Crippen molar-refractivity contribution in [2.24, 2.45) is 11.5 Å². The summed E-state index contributed by atoms with van der Waals surface area (Å²) in [4.78, 5) is 0. The second kappa shape index (κ2) is 3.12. The van der Waals surface area contributed by atoms with Gasteiger partial charge in [0.2, 0.25) is 0 Å². The van der Waals surface area contributed by atoms with E-state index in [9.17, 15) is 0 Å². The first-order valence-corrected chi connectivity index (χ1v) is 3.14. The fraction of sp³-hybridized carbons (Fsp3) is 1.00. The van der Waals surface area contributed by atoms with E-state index >= 15 is 0 Å². The van der Waals surface area contributed by atoms with Crippen LogP contribution in [0.15, 0.2) is 0 Å². The summed E-state index contributed by atoms with van der Waals surface area (Å²) in [5.74, 6) is 0. The van der Waals surface area contributed by atoms with Gasteiger partial charge in [0.15, 0.2) is 0 Å². The zero-order chi connectivity index (χ0) is 6.69. The Bertz CT molecular complexity index is 80.3. The summed E-state index contributed by atoms with van der Waals surface area (Å²) in [6, 6.07) is 0. The van der Waals surface area contributed by atoms with Crippen LogP contribution in [0, 0.1) is 0 Å². The molecule has 0 aromatic rings. The maximum absolute atomic E-state index is 5.38. The van der Waals surface area contributed by atoms with Gasteiger partial charge in [-0.15, -0.1) is 0 Å². The number of rotatable bonds is 1.